The molecule has 108 valence electrons. The highest BCUT2D eigenvalue weighted by atomic mass is 19.1. The van der Waals surface area contributed by atoms with E-state index in [9.17, 15) is 9.18 Å². The van der Waals surface area contributed by atoms with Crippen molar-refractivity contribution in [3.05, 3.63) is 58.0 Å². The molecule has 1 aromatic carbocycles. The zero-order chi connectivity index (χ0) is 14.8. The molecule has 0 radical (unpaired) electrons. The zero-order valence-electron chi connectivity index (χ0n) is 11.3. The van der Waals surface area contributed by atoms with Crippen molar-refractivity contribution in [2.24, 2.45) is 0 Å². The number of nitrogens with zero attached hydrogens (tertiary/aromatic N) is 3. The molecule has 2 aromatic heterocycles. The van der Waals surface area contributed by atoms with E-state index in [1.54, 1.807) is 12.1 Å². The Labute approximate surface area is 119 Å². The lowest BCUT2D eigenvalue weighted by Gasteiger charge is -2.07. The number of aromatic amines is 1. The van der Waals surface area contributed by atoms with Crippen LogP contribution in [0.1, 0.15) is 18.2 Å². The minimum Gasteiger partial charge on any atom is -0.487 e. The monoisotopic (exact) mass is 288 g/mol. The minimum atomic E-state index is -0.943. The Bertz CT molecular complexity index is 823. The molecule has 0 aliphatic carbocycles. The van der Waals surface area contributed by atoms with Crippen molar-refractivity contribution in [3.8, 4) is 5.75 Å². The minimum absolute atomic E-state index is 0.0633. The fourth-order valence-corrected chi connectivity index (χ4v) is 1.95. The Kier molecular flexibility index (Phi) is 3.39. The molecule has 0 atom stereocenters. The number of fused-ring (bicyclic) bond motifs is 1. The molecule has 1 N–H and O–H groups in total. The Hall–Kier alpha value is -2.70. The maximum absolute atomic E-state index is 13.9. The van der Waals surface area contributed by atoms with Crippen LogP contribution in [0.15, 0.2) is 35.4 Å². The van der Waals surface area contributed by atoms with Gasteiger partial charge in [0.25, 0.3) is 5.78 Å². The van der Waals surface area contributed by atoms with Crippen molar-refractivity contribution in [3.63, 3.8) is 0 Å². The molecule has 0 aliphatic heterocycles. The first-order valence-electron chi connectivity index (χ1n) is 6.51. The number of ether oxygens (including phenoxy) is 1. The van der Waals surface area contributed by atoms with Crippen LogP contribution >= 0.6 is 0 Å². The third-order valence-electron chi connectivity index (χ3n) is 3.15. The summed E-state index contributed by atoms with van der Waals surface area (Å²) in [5.74, 6) is -0.237. The summed E-state index contributed by atoms with van der Waals surface area (Å²) < 4.78 is 20.3. The fraction of sp³-hybridized carbons (Fsp3) is 0.214. The van der Waals surface area contributed by atoms with Crippen LogP contribution < -0.4 is 10.3 Å². The van der Waals surface area contributed by atoms with Gasteiger partial charge in [-0.2, -0.15) is 8.91 Å². The van der Waals surface area contributed by atoms with Gasteiger partial charge in [-0.05, 0) is 24.1 Å². The molecule has 21 heavy (non-hydrogen) atoms. The SMILES string of the molecule is CCc1ccc(OCc2nc3nc[nH]n3c(=O)c2F)cc1. The average Bonchev–Trinajstić information content (AvgIpc) is 2.98. The second-order valence-electron chi connectivity index (χ2n) is 4.49. The van der Waals surface area contributed by atoms with Gasteiger partial charge in [-0.15, -0.1) is 0 Å². The van der Waals surface area contributed by atoms with E-state index in [2.05, 4.69) is 22.0 Å². The van der Waals surface area contributed by atoms with Crippen molar-refractivity contribution >= 4 is 5.78 Å². The number of H-pyrrole nitrogens is 1. The van der Waals surface area contributed by atoms with Gasteiger partial charge in [-0.3, -0.25) is 9.89 Å². The van der Waals surface area contributed by atoms with Crippen LogP contribution in [0.5, 0.6) is 5.75 Å². The molecule has 0 amide bonds. The Morgan fingerprint density at radius 2 is 2.10 bits per heavy atom. The van der Waals surface area contributed by atoms with E-state index in [0.717, 1.165) is 10.9 Å². The van der Waals surface area contributed by atoms with E-state index in [1.807, 2.05) is 12.1 Å². The van der Waals surface area contributed by atoms with Gasteiger partial charge in [0.2, 0.25) is 5.82 Å². The molecule has 0 aliphatic rings. The van der Waals surface area contributed by atoms with Gasteiger partial charge in [0, 0.05) is 0 Å². The Morgan fingerprint density at radius 3 is 2.81 bits per heavy atom. The number of aryl methyl sites for hydroxylation is 1. The molecular formula is C14H13FN4O2. The van der Waals surface area contributed by atoms with Crippen LogP contribution in [-0.4, -0.2) is 19.6 Å². The number of halogens is 1. The van der Waals surface area contributed by atoms with Crippen molar-refractivity contribution in [2.75, 3.05) is 0 Å². The van der Waals surface area contributed by atoms with E-state index in [4.69, 9.17) is 4.74 Å². The summed E-state index contributed by atoms with van der Waals surface area (Å²) in [6, 6.07) is 7.48. The number of hydrogen-bond acceptors (Lipinski definition) is 4. The first-order valence-corrected chi connectivity index (χ1v) is 6.51. The lowest BCUT2D eigenvalue weighted by Crippen LogP contribution is -2.22. The summed E-state index contributed by atoms with van der Waals surface area (Å²) in [5, 5.41) is 2.49. The van der Waals surface area contributed by atoms with Crippen molar-refractivity contribution in [2.45, 2.75) is 20.0 Å². The molecule has 0 saturated heterocycles. The van der Waals surface area contributed by atoms with Gasteiger partial charge in [0.05, 0.1) is 0 Å². The highest BCUT2D eigenvalue weighted by Crippen LogP contribution is 2.14. The maximum atomic E-state index is 13.9. The van der Waals surface area contributed by atoms with E-state index in [0.29, 0.717) is 5.75 Å². The molecule has 3 rings (SSSR count). The molecular weight excluding hydrogens is 275 g/mol. The number of nitrogens with one attached hydrogen (secondary N) is 1. The molecule has 6 nitrogen and oxygen atoms in total. The number of hydrogen-bond donors (Lipinski definition) is 1. The highest BCUT2D eigenvalue weighted by Gasteiger charge is 2.14. The quantitative estimate of drug-likeness (QED) is 0.793. The molecule has 0 bridgehead atoms. The van der Waals surface area contributed by atoms with Crippen LogP contribution in [0.25, 0.3) is 5.78 Å². The van der Waals surface area contributed by atoms with Gasteiger partial charge >= 0.3 is 5.56 Å². The molecule has 0 unspecified atom stereocenters. The normalized spacial score (nSPS) is 11.0. The largest absolute Gasteiger partial charge is 0.487 e. The van der Waals surface area contributed by atoms with Gasteiger partial charge in [0.1, 0.15) is 24.4 Å². The smallest absolute Gasteiger partial charge is 0.310 e. The summed E-state index contributed by atoms with van der Waals surface area (Å²) >= 11 is 0. The number of benzene rings is 1. The standard InChI is InChI=1S/C14H13FN4O2/c1-2-9-3-5-10(6-4-9)21-7-11-12(15)13(20)19-14(18-11)16-8-17-19/h3-6,8H,2,7H2,1H3,(H,16,17,18). The molecule has 3 aromatic rings. The van der Waals surface area contributed by atoms with Crippen molar-refractivity contribution in [1.82, 2.24) is 19.6 Å². The average molecular weight is 288 g/mol. The third kappa shape index (κ3) is 2.49. The van der Waals surface area contributed by atoms with Crippen molar-refractivity contribution < 1.29 is 9.13 Å². The van der Waals surface area contributed by atoms with Crippen molar-refractivity contribution in [1.29, 1.82) is 0 Å². The second kappa shape index (κ2) is 5.35. The van der Waals surface area contributed by atoms with E-state index in [-0.39, 0.29) is 18.1 Å². The summed E-state index contributed by atoms with van der Waals surface area (Å²) in [6.07, 6.45) is 2.21. The second-order valence-corrected chi connectivity index (χ2v) is 4.49. The van der Waals surface area contributed by atoms with E-state index in [1.165, 1.54) is 11.9 Å². The predicted octanol–water partition coefficient (Wildman–Crippen LogP) is 1.70. The number of rotatable bonds is 4. The van der Waals surface area contributed by atoms with Gasteiger partial charge in [0.15, 0.2) is 0 Å². The molecule has 2 heterocycles. The lowest BCUT2D eigenvalue weighted by molar-refractivity contribution is 0.293. The Balaban J connectivity index is 1.84. The predicted molar refractivity (Wildman–Crippen MR) is 73.7 cm³/mol. The van der Waals surface area contributed by atoms with Crippen LogP contribution in [0.2, 0.25) is 0 Å². The van der Waals surface area contributed by atoms with Gasteiger partial charge in [-0.1, -0.05) is 19.1 Å². The maximum Gasteiger partial charge on any atom is 0.310 e. The van der Waals surface area contributed by atoms with Crippen LogP contribution in [0.3, 0.4) is 0 Å². The summed E-state index contributed by atoms with van der Waals surface area (Å²) in [7, 11) is 0. The van der Waals surface area contributed by atoms with Crippen LogP contribution in [0.4, 0.5) is 4.39 Å². The fourth-order valence-electron chi connectivity index (χ4n) is 1.95. The third-order valence-corrected chi connectivity index (χ3v) is 3.15. The first kappa shape index (κ1) is 13.3. The molecule has 0 spiro atoms. The molecule has 0 fully saturated rings. The summed E-state index contributed by atoms with van der Waals surface area (Å²) in [6.45, 7) is 1.93. The first-order chi connectivity index (χ1) is 10.2. The lowest BCUT2D eigenvalue weighted by atomic mass is 10.2. The zero-order valence-corrected chi connectivity index (χ0v) is 11.3. The van der Waals surface area contributed by atoms with E-state index >= 15 is 0 Å². The van der Waals surface area contributed by atoms with E-state index < -0.39 is 11.4 Å². The Morgan fingerprint density at radius 1 is 1.33 bits per heavy atom. The summed E-state index contributed by atoms with van der Waals surface area (Å²) in [5.41, 5.74) is 0.298. The topological polar surface area (TPSA) is 72.3 Å². The number of aromatic nitrogens is 4. The summed E-state index contributed by atoms with van der Waals surface area (Å²) in [4.78, 5) is 19.5. The van der Waals surface area contributed by atoms with Crippen LogP contribution in [-0.2, 0) is 13.0 Å². The molecule has 0 saturated carbocycles. The van der Waals surface area contributed by atoms with Crippen LogP contribution in [0, 0.1) is 5.82 Å². The molecule has 7 heteroatoms. The highest BCUT2D eigenvalue weighted by molar-refractivity contribution is 5.29. The van der Waals surface area contributed by atoms with Gasteiger partial charge in [-0.25, -0.2) is 9.97 Å². The van der Waals surface area contributed by atoms with Gasteiger partial charge < -0.3 is 4.74 Å².